The summed E-state index contributed by atoms with van der Waals surface area (Å²) >= 11 is 0. The largest absolute Gasteiger partial charge is 0.378 e. The molecule has 1 aromatic rings. The molecule has 0 aromatic heterocycles. The maximum Gasteiger partial charge on any atom is 0.324 e. The number of benzene rings is 1. The Bertz CT molecular complexity index is 417. The van der Waals surface area contributed by atoms with Gasteiger partial charge in [0.2, 0.25) is 0 Å². The lowest BCUT2D eigenvalue weighted by Gasteiger charge is -2.33. The summed E-state index contributed by atoms with van der Waals surface area (Å²) < 4.78 is 0. The Morgan fingerprint density at radius 1 is 1.24 bits per heavy atom. The zero-order valence-electron chi connectivity index (χ0n) is 10.7. The first-order valence-electron chi connectivity index (χ1n) is 5.89. The monoisotopic (exact) mass is 233 g/mol. The van der Waals surface area contributed by atoms with Crippen LogP contribution in [0, 0.1) is 0 Å². The maximum atomic E-state index is 12.0. The number of hydrogen-bond acceptors (Lipinski definition) is 2. The Kier molecular flexibility index (Phi) is 3.22. The van der Waals surface area contributed by atoms with E-state index >= 15 is 0 Å². The molecule has 1 aromatic carbocycles. The minimum absolute atomic E-state index is 0.0900. The van der Waals surface area contributed by atoms with Gasteiger partial charge in [0.15, 0.2) is 0 Å². The van der Waals surface area contributed by atoms with Crippen molar-refractivity contribution >= 4 is 17.4 Å². The summed E-state index contributed by atoms with van der Waals surface area (Å²) in [4.78, 5) is 17.7. The van der Waals surface area contributed by atoms with Gasteiger partial charge in [-0.15, -0.1) is 0 Å². The number of rotatable bonds is 2. The molecule has 0 saturated carbocycles. The van der Waals surface area contributed by atoms with Crippen LogP contribution in [0.25, 0.3) is 0 Å². The molecule has 0 bridgehead atoms. The second-order valence-corrected chi connectivity index (χ2v) is 4.62. The fourth-order valence-corrected chi connectivity index (χ4v) is 2.04. The molecule has 0 N–H and O–H groups in total. The fraction of sp³-hybridized carbons (Fsp3) is 0.462. The highest BCUT2D eigenvalue weighted by atomic mass is 16.2. The predicted molar refractivity (Wildman–Crippen MR) is 70.8 cm³/mol. The highest BCUT2D eigenvalue weighted by molar-refractivity contribution is 5.93. The fourth-order valence-electron chi connectivity index (χ4n) is 2.04. The highest BCUT2D eigenvalue weighted by Gasteiger charge is 2.23. The van der Waals surface area contributed by atoms with Crippen molar-refractivity contribution in [2.24, 2.45) is 0 Å². The van der Waals surface area contributed by atoms with Crippen molar-refractivity contribution in [1.29, 1.82) is 0 Å². The van der Waals surface area contributed by atoms with Crippen LogP contribution in [0.5, 0.6) is 0 Å². The van der Waals surface area contributed by atoms with Crippen LogP contribution in [0.1, 0.15) is 6.42 Å². The summed E-state index contributed by atoms with van der Waals surface area (Å²) in [7, 11) is 5.86. The zero-order valence-corrected chi connectivity index (χ0v) is 10.7. The molecular formula is C13H19N3O. The van der Waals surface area contributed by atoms with Gasteiger partial charge in [-0.25, -0.2) is 4.79 Å². The summed E-state index contributed by atoms with van der Waals surface area (Å²) in [5, 5.41) is 0. The van der Waals surface area contributed by atoms with Crippen LogP contribution in [0.4, 0.5) is 16.2 Å². The summed E-state index contributed by atoms with van der Waals surface area (Å²) in [6.07, 6.45) is 1.02. The molecule has 1 fully saturated rings. The molecule has 1 aliphatic rings. The summed E-state index contributed by atoms with van der Waals surface area (Å²) in [5.74, 6) is 0. The van der Waals surface area contributed by atoms with Gasteiger partial charge in [-0.05, 0) is 24.6 Å². The summed E-state index contributed by atoms with van der Waals surface area (Å²) in [6, 6.07) is 8.17. The Morgan fingerprint density at radius 3 is 2.71 bits per heavy atom. The molecule has 0 atom stereocenters. The second kappa shape index (κ2) is 4.65. The van der Waals surface area contributed by atoms with Gasteiger partial charge in [0, 0.05) is 45.6 Å². The lowest BCUT2D eigenvalue weighted by atomic mass is 10.2. The SMILES string of the molecule is CN1CCCN(c2cccc(N(C)C)c2)C1=O. The van der Waals surface area contributed by atoms with Gasteiger partial charge in [-0.3, -0.25) is 4.90 Å². The number of hydrogen-bond donors (Lipinski definition) is 0. The smallest absolute Gasteiger partial charge is 0.324 e. The topological polar surface area (TPSA) is 26.8 Å². The standard InChI is InChI=1S/C13H19N3O/c1-14(2)11-6-4-7-12(10-11)16-9-5-8-15(3)13(16)17/h4,6-7,10H,5,8-9H2,1-3H3. The molecule has 1 saturated heterocycles. The van der Waals surface area contributed by atoms with Crippen LogP contribution < -0.4 is 9.80 Å². The third-order valence-electron chi connectivity index (χ3n) is 3.09. The van der Waals surface area contributed by atoms with Crippen molar-refractivity contribution in [2.75, 3.05) is 44.0 Å². The molecule has 2 amide bonds. The van der Waals surface area contributed by atoms with Crippen molar-refractivity contribution < 1.29 is 4.79 Å². The molecule has 2 rings (SSSR count). The van der Waals surface area contributed by atoms with E-state index in [2.05, 4.69) is 6.07 Å². The van der Waals surface area contributed by atoms with E-state index in [0.717, 1.165) is 30.9 Å². The number of carbonyl (C=O) groups is 1. The minimum Gasteiger partial charge on any atom is -0.378 e. The summed E-state index contributed by atoms with van der Waals surface area (Å²) in [6.45, 7) is 1.66. The molecule has 92 valence electrons. The molecule has 4 nitrogen and oxygen atoms in total. The van der Waals surface area contributed by atoms with E-state index in [4.69, 9.17) is 0 Å². The van der Waals surface area contributed by atoms with Crippen LogP contribution in [0.15, 0.2) is 24.3 Å². The van der Waals surface area contributed by atoms with E-state index in [-0.39, 0.29) is 6.03 Å². The van der Waals surface area contributed by atoms with Gasteiger partial charge in [0.1, 0.15) is 0 Å². The number of nitrogens with zero attached hydrogens (tertiary/aromatic N) is 3. The number of carbonyl (C=O) groups excluding carboxylic acids is 1. The van der Waals surface area contributed by atoms with Gasteiger partial charge in [-0.1, -0.05) is 6.07 Å². The lowest BCUT2D eigenvalue weighted by molar-refractivity contribution is 0.207. The number of amides is 2. The van der Waals surface area contributed by atoms with Gasteiger partial charge >= 0.3 is 6.03 Å². The molecule has 1 aliphatic heterocycles. The quantitative estimate of drug-likeness (QED) is 0.781. The van der Waals surface area contributed by atoms with E-state index in [0.29, 0.717) is 0 Å². The highest BCUT2D eigenvalue weighted by Crippen LogP contribution is 2.23. The van der Waals surface area contributed by atoms with Crippen LogP contribution >= 0.6 is 0 Å². The third kappa shape index (κ3) is 2.35. The normalized spacial score (nSPS) is 16.3. The van der Waals surface area contributed by atoms with Gasteiger partial charge < -0.3 is 9.80 Å². The number of urea groups is 1. The molecular weight excluding hydrogens is 214 g/mol. The minimum atomic E-state index is 0.0900. The Hall–Kier alpha value is -1.71. The first-order valence-corrected chi connectivity index (χ1v) is 5.89. The van der Waals surface area contributed by atoms with Crippen molar-refractivity contribution in [2.45, 2.75) is 6.42 Å². The summed E-state index contributed by atoms with van der Waals surface area (Å²) in [5.41, 5.74) is 2.09. The first-order chi connectivity index (χ1) is 8.09. The molecule has 0 aliphatic carbocycles. The van der Waals surface area contributed by atoms with E-state index in [9.17, 15) is 4.79 Å². The predicted octanol–water partition coefficient (Wildman–Crippen LogP) is 2.01. The van der Waals surface area contributed by atoms with Crippen molar-refractivity contribution in [3.05, 3.63) is 24.3 Å². The zero-order chi connectivity index (χ0) is 12.4. The Balaban J connectivity index is 2.27. The molecule has 0 radical (unpaired) electrons. The molecule has 0 spiro atoms. The van der Waals surface area contributed by atoms with Crippen LogP contribution in [-0.2, 0) is 0 Å². The van der Waals surface area contributed by atoms with E-state index in [1.807, 2.05) is 49.1 Å². The average Bonchev–Trinajstić information content (AvgIpc) is 2.33. The molecule has 17 heavy (non-hydrogen) atoms. The van der Waals surface area contributed by atoms with Crippen LogP contribution in [-0.4, -0.2) is 45.2 Å². The number of anilines is 2. The molecule has 0 unspecified atom stereocenters. The maximum absolute atomic E-state index is 12.0. The third-order valence-corrected chi connectivity index (χ3v) is 3.09. The molecule has 1 heterocycles. The van der Waals surface area contributed by atoms with Crippen molar-refractivity contribution in [3.63, 3.8) is 0 Å². The van der Waals surface area contributed by atoms with Gasteiger partial charge in [0.25, 0.3) is 0 Å². The van der Waals surface area contributed by atoms with Crippen LogP contribution in [0.3, 0.4) is 0 Å². The first kappa shape index (κ1) is 11.8. The van der Waals surface area contributed by atoms with Crippen molar-refractivity contribution in [1.82, 2.24) is 4.90 Å². The van der Waals surface area contributed by atoms with E-state index in [1.54, 1.807) is 4.90 Å². The van der Waals surface area contributed by atoms with E-state index < -0.39 is 0 Å². The lowest BCUT2D eigenvalue weighted by Crippen LogP contribution is -2.47. The average molecular weight is 233 g/mol. The van der Waals surface area contributed by atoms with Gasteiger partial charge in [-0.2, -0.15) is 0 Å². The van der Waals surface area contributed by atoms with Gasteiger partial charge in [0.05, 0.1) is 0 Å². The van der Waals surface area contributed by atoms with E-state index in [1.165, 1.54) is 0 Å². The molecule has 4 heteroatoms. The van der Waals surface area contributed by atoms with Crippen molar-refractivity contribution in [3.8, 4) is 0 Å². The Morgan fingerprint density at radius 2 is 2.00 bits per heavy atom. The Labute approximate surface area is 102 Å². The second-order valence-electron chi connectivity index (χ2n) is 4.62. The van der Waals surface area contributed by atoms with Crippen LogP contribution in [0.2, 0.25) is 0 Å².